The van der Waals surface area contributed by atoms with Crippen LogP contribution >= 0.6 is 0 Å². The largest absolute Gasteiger partial charge is 0.475 e. The number of carboxylic acid groups (broad SMARTS) is 1. The van der Waals surface area contributed by atoms with E-state index in [0.29, 0.717) is 30.5 Å². The van der Waals surface area contributed by atoms with Crippen LogP contribution in [0.2, 0.25) is 0 Å². The van der Waals surface area contributed by atoms with E-state index >= 15 is 0 Å². The Morgan fingerprint density at radius 3 is 3.06 bits per heavy atom. The summed E-state index contributed by atoms with van der Waals surface area (Å²) in [7, 11) is 0. The Labute approximate surface area is 93.4 Å². The Hall–Kier alpha value is -1.33. The molecule has 0 amide bonds. The van der Waals surface area contributed by atoms with E-state index in [-0.39, 0.29) is 5.76 Å². The van der Waals surface area contributed by atoms with E-state index in [1.54, 1.807) is 13.0 Å². The first-order valence-corrected chi connectivity index (χ1v) is 5.30. The molecular weight excluding hydrogens is 210 g/mol. The molecule has 1 unspecified atom stereocenters. The third kappa shape index (κ3) is 2.43. The Morgan fingerprint density at radius 1 is 1.69 bits per heavy atom. The van der Waals surface area contributed by atoms with Crippen LogP contribution in [0.5, 0.6) is 0 Å². The summed E-state index contributed by atoms with van der Waals surface area (Å²) in [6.07, 6.45) is 0.992. The first-order chi connectivity index (χ1) is 7.66. The molecule has 5 nitrogen and oxygen atoms in total. The molecule has 1 aromatic heterocycles. The minimum absolute atomic E-state index is 0.0273. The van der Waals surface area contributed by atoms with Crippen LogP contribution in [0.4, 0.5) is 0 Å². The molecule has 2 N–H and O–H groups in total. The second kappa shape index (κ2) is 4.67. The molecule has 1 aromatic rings. The van der Waals surface area contributed by atoms with Gasteiger partial charge in [0.25, 0.3) is 0 Å². The minimum atomic E-state index is -1.02. The van der Waals surface area contributed by atoms with Gasteiger partial charge in [0.2, 0.25) is 5.76 Å². The van der Waals surface area contributed by atoms with Crippen LogP contribution in [-0.2, 0) is 11.3 Å². The molecule has 1 saturated heterocycles. The van der Waals surface area contributed by atoms with Crippen LogP contribution in [0.1, 0.15) is 28.3 Å². The number of ether oxygens (including phenoxy) is 1. The van der Waals surface area contributed by atoms with E-state index in [1.807, 2.05) is 0 Å². The van der Waals surface area contributed by atoms with Crippen molar-refractivity contribution in [2.45, 2.75) is 25.9 Å². The van der Waals surface area contributed by atoms with Crippen LogP contribution in [0.15, 0.2) is 10.5 Å². The number of hydrogen-bond donors (Lipinski definition) is 2. The Kier molecular flexibility index (Phi) is 3.26. The molecule has 2 heterocycles. The number of aryl methyl sites for hydroxylation is 1. The molecule has 1 aliphatic rings. The van der Waals surface area contributed by atoms with Crippen LogP contribution in [0, 0.1) is 6.92 Å². The summed E-state index contributed by atoms with van der Waals surface area (Å²) in [6, 6.07) is 2.10. The van der Waals surface area contributed by atoms with E-state index in [9.17, 15) is 4.79 Å². The van der Waals surface area contributed by atoms with Crippen molar-refractivity contribution < 1.29 is 19.1 Å². The topological polar surface area (TPSA) is 71.7 Å². The third-order valence-corrected chi connectivity index (χ3v) is 2.66. The zero-order valence-corrected chi connectivity index (χ0v) is 9.16. The van der Waals surface area contributed by atoms with Gasteiger partial charge in [-0.05, 0) is 19.4 Å². The standard InChI is InChI=1S/C11H15NO4/c1-7-4-9(16-10(7)11(13)14)5-12-8-2-3-15-6-8/h4,8,12H,2-3,5-6H2,1H3,(H,13,14). The van der Waals surface area contributed by atoms with Gasteiger partial charge in [-0.15, -0.1) is 0 Å². The zero-order valence-electron chi connectivity index (χ0n) is 9.16. The number of hydrogen-bond acceptors (Lipinski definition) is 4. The molecule has 1 aliphatic heterocycles. The van der Waals surface area contributed by atoms with Crippen LogP contribution in [-0.4, -0.2) is 30.3 Å². The highest BCUT2D eigenvalue weighted by atomic mass is 16.5. The first kappa shape index (κ1) is 11.2. The van der Waals surface area contributed by atoms with Gasteiger partial charge in [0.1, 0.15) is 5.76 Å². The van der Waals surface area contributed by atoms with Crippen molar-refractivity contribution in [2.24, 2.45) is 0 Å². The molecule has 5 heteroatoms. The average molecular weight is 225 g/mol. The van der Waals surface area contributed by atoms with E-state index in [1.165, 1.54) is 0 Å². The Bertz CT molecular complexity index is 379. The molecule has 0 saturated carbocycles. The van der Waals surface area contributed by atoms with Gasteiger partial charge in [-0.3, -0.25) is 0 Å². The van der Waals surface area contributed by atoms with Crippen molar-refractivity contribution in [3.8, 4) is 0 Å². The van der Waals surface area contributed by atoms with Crippen molar-refractivity contribution in [2.75, 3.05) is 13.2 Å². The Balaban J connectivity index is 1.94. The van der Waals surface area contributed by atoms with Crippen molar-refractivity contribution in [1.82, 2.24) is 5.32 Å². The number of nitrogens with one attached hydrogen (secondary N) is 1. The number of carboxylic acids is 1. The van der Waals surface area contributed by atoms with Crippen molar-refractivity contribution >= 4 is 5.97 Å². The van der Waals surface area contributed by atoms with Crippen molar-refractivity contribution in [3.63, 3.8) is 0 Å². The maximum atomic E-state index is 10.8. The van der Waals surface area contributed by atoms with Gasteiger partial charge in [0.05, 0.1) is 13.2 Å². The summed E-state index contributed by atoms with van der Waals surface area (Å²) in [5.74, 6) is -0.339. The fraction of sp³-hybridized carbons (Fsp3) is 0.545. The fourth-order valence-corrected chi connectivity index (χ4v) is 1.79. The highest BCUT2D eigenvalue weighted by Crippen LogP contribution is 2.15. The number of carbonyl (C=O) groups is 1. The third-order valence-electron chi connectivity index (χ3n) is 2.66. The lowest BCUT2D eigenvalue weighted by atomic mass is 10.2. The molecule has 88 valence electrons. The van der Waals surface area contributed by atoms with Crippen molar-refractivity contribution in [1.29, 1.82) is 0 Å². The summed E-state index contributed by atoms with van der Waals surface area (Å²) < 4.78 is 10.5. The normalized spacial score (nSPS) is 20.2. The SMILES string of the molecule is Cc1cc(CNC2CCOC2)oc1C(=O)O. The highest BCUT2D eigenvalue weighted by Gasteiger charge is 2.17. The molecule has 0 radical (unpaired) electrons. The lowest BCUT2D eigenvalue weighted by molar-refractivity contribution is 0.0659. The second-order valence-corrected chi connectivity index (χ2v) is 3.97. The van der Waals surface area contributed by atoms with Crippen molar-refractivity contribution in [3.05, 3.63) is 23.2 Å². The van der Waals surface area contributed by atoms with Gasteiger partial charge < -0.3 is 19.6 Å². The second-order valence-electron chi connectivity index (χ2n) is 3.97. The van der Waals surface area contributed by atoms with Crippen LogP contribution in [0.25, 0.3) is 0 Å². The van der Waals surface area contributed by atoms with Gasteiger partial charge in [0, 0.05) is 18.2 Å². The lowest BCUT2D eigenvalue weighted by Crippen LogP contribution is -2.28. The van der Waals surface area contributed by atoms with Gasteiger partial charge in [-0.1, -0.05) is 0 Å². The average Bonchev–Trinajstić information content (AvgIpc) is 2.83. The minimum Gasteiger partial charge on any atom is -0.475 e. The number of furan rings is 1. The molecular formula is C11H15NO4. The summed E-state index contributed by atoms with van der Waals surface area (Å²) >= 11 is 0. The molecule has 1 fully saturated rings. The molecule has 16 heavy (non-hydrogen) atoms. The van der Waals surface area contributed by atoms with Gasteiger partial charge >= 0.3 is 5.97 Å². The molecule has 0 spiro atoms. The molecule has 2 rings (SSSR count). The number of aromatic carboxylic acids is 1. The summed E-state index contributed by atoms with van der Waals surface area (Å²) in [6.45, 7) is 3.78. The van der Waals surface area contributed by atoms with Gasteiger partial charge in [-0.25, -0.2) is 4.79 Å². The summed E-state index contributed by atoms with van der Waals surface area (Å²) in [4.78, 5) is 10.8. The lowest BCUT2D eigenvalue weighted by Gasteiger charge is -2.07. The molecule has 0 aromatic carbocycles. The molecule has 0 bridgehead atoms. The summed E-state index contributed by atoms with van der Waals surface area (Å²) in [5.41, 5.74) is 0.659. The maximum absolute atomic E-state index is 10.8. The maximum Gasteiger partial charge on any atom is 0.372 e. The number of rotatable bonds is 4. The fourth-order valence-electron chi connectivity index (χ4n) is 1.79. The zero-order chi connectivity index (χ0) is 11.5. The first-order valence-electron chi connectivity index (χ1n) is 5.30. The quantitative estimate of drug-likeness (QED) is 0.804. The van der Waals surface area contributed by atoms with Crippen LogP contribution in [0.3, 0.4) is 0 Å². The van der Waals surface area contributed by atoms with E-state index in [2.05, 4.69) is 5.32 Å². The highest BCUT2D eigenvalue weighted by molar-refractivity contribution is 5.86. The Morgan fingerprint density at radius 2 is 2.50 bits per heavy atom. The molecule has 1 atom stereocenters. The van der Waals surface area contributed by atoms with Gasteiger partial charge in [-0.2, -0.15) is 0 Å². The molecule has 0 aliphatic carbocycles. The van der Waals surface area contributed by atoms with E-state index in [4.69, 9.17) is 14.3 Å². The predicted molar refractivity (Wildman–Crippen MR) is 56.5 cm³/mol. The van der Waals surface area contributed by atoms with E-state index in [0.717, 1.165) is 13.0 Å². The van der Waals surface area contributed by atoms with Crippen LogP contribution < -0.4 is 5.32 Å². The van der Waals surface area contributed by atoms with E-state index < -0.39 is 5.97 Å². The summed E-state index contributed by atoms with van der Waals surface area (Å²) in [5, 5.41) is 12.1. The monoisotopic (exact) mass is 225 g/mol. The van der Waals surface area contributed by atoms with Gasteiger partial charge in [0.15, 0.2) is 0 Å². The predicted octanol–water partition coefficient (Wildman–Crippen LogP) is 1.16. The smallest absolute Gasteiger partial charge is 0.372 e.